The molecule has 1 nitrogen and oxygen atoms in total. The Morgan fingerprint density at radius 1 is 1.40 bits per heavy atom. The Balaban J connectivity index is 0.000000921. The van der Waals surface area contributed by atoms with Crippen molar-refractivity contribution in [2.24, 2.45) is 0 Å². The van der Waals surface area contributed by atoms with E-state index in [-0.39, 0.29) is 0 Å². The summed E-state index contributed by atoms with van der Waals surface area (Å²) in [4.78, 5) is 5.58. The molecule has 1 aromatic rings. The van der Waals surface area contributed by atoms with Crippen LogP contribution >= 0.6 is 11.8 Å². The first-order valence-electron chi connectivity index (χ1n) is 5.35. The summed E-state index contributed by atoms with van der Waals surface area (Å²) < 4.78 is 0. The van der Waals surface area contributed by atoms with E-state index in [2.05, 4.69) is 37.7 Å². The van der Waals surface area contributed by atoms with Crippen LogP contribution in [0.15, 0.2) is 23.7 Å². The van der Waals surface area contributed by atoms with Gasteiger partial charge in [0.15, 0.2) is 0 Å². The molecule has 0 amide bonds. The molecule has 0 aliphatic rings. The van der Waals surface area contributed by atoms with Gasteiger partial charge in [0.05, 0.1) is 0 Å². The average Bonchev–Trinajstić information content (AvgIpc) is 2.30. The van der Waals surface area contributed by atoms with Gasteiger partial charge in [0.1, 0.15) is 0 Å². The van der Waals surface area contributed by atoms with E-state index in [0.29, 0.717) is 5.92 Å². The molecular formula is C13H21NS. The summed E-state index contributed by atoms with van der Waals surface area (Å²) >= 11 is 1.71. The van der Waals surface area contributed by atoms with Gasteiger partial charge in [0, 0.05) is 16.8 Å². The highest BCUT2D eigenvalue weighted by atomic mass is 32.2. The van der Waals surface area contributed by atoms with Crippen molar-refractivity contribution < 1.29 is 0 Å². The van der Waals surface area contributed by atoms with Crippen molar-refractivity contribution in [1.82, 2.24) is 4.98 Å². The molecular weight excluding hydrogens is 202 g/mol. The average molecular weight is 223 g/mol. The van der Waals surface area contributed by atoms with Crippen molar-refractivity contribution in [3.05, 3.63) is 30.1 Å². The summed E-state index contributed by atoms with van der Waals surface area (Å²) in [5, 5.41) is 0. The Labute approximate surface area is 98.0 Å². The SMILES string of the molecule is C=Cc1cc(C(C)C)ncc1SC.CC. The largest absolute Gasteiger partial charge is 0.260 e. The lowest BCUT2D eigenvalue weighted by atomic mass is 10.1. The fourth-order valence-electron chi connectivity index (χ4n) is 1.12. The second kappa shape index (κ2) is 7.52. The number of hydrogen-bond acceptors (Lipinski definition) is 2. The maximum Gasteiger partial charge on any atom is 0.0435 e. The predicted octanol–water partition coefficient (Wildman–Crippen LogP) is 4.60. The molecule has 0 unspecified atom stereocenters. The standard InChI is InChI=1S/C11H15NS.C2H6/c1-5-9-6-10(8(2)3)12-7-11(9)13-4;1-2/h5-8H,1H2,2-4H3;1-2H3. The molecule has 0 fully saturated rings. The molecule has 0 N–H and O–H groups in total. The number of rotatable bonds is 3. The van der Waals surface area contributed by atoms with Gasteiger partial charge in [-0.3, -0.25) is 4.98 Å². The fourth-order valence-corrected chi connectivity index (χ4v) is 1.66. The second-order valence-electron chi connectivity index (χ2n) is 3.21. The molecule has 1 rings (SSSR count). The zero-order chi connectivity index (χ0) is 11.8. The number of hydrogen-bond donors (Lipinski definition) is 0. The zero-order valence-electron chi connectivity index (χ0n) is 10.4. The monoisotopic (exact) mass is 223 g/mol. The highest BCUT2D eigenvalue weighted by Crippen LogP contribution is 2.23. The molecule has 0 aromatic carbocycles. The van der Waals surface area contributed by atoms with E-state index in [0.717, 1.165) is 5.69 Å². The Morgan fingerprint density at radius 2 is 2.00 bits per heavy atom. The van der Waals surface area contributed by atoms with Crippen LogP contribution in [0.3, 0.4) is 0 Å². The van der Waals surface area contributed by atoms with Gasteiger partial charge in [-0.15, -0.1) is 11.8 Å². The molecule has 0 spiro atoms. The number of nitrogens with zero attached hydrogens (tertiary/aromatic N) is 1. The van der Waals surface area contributed by atoms with Gasteiger partial charge in [-0.05, 0) is 23.8 Å². The van der Waals surface area contributed by atoms with Crippen molar-refractivity contribution in [3.8, 4) is 0 Å². The molecule has 1 heterocycles. The highest BCUT2D eigenvalue weighted by Gasteiger charge is 2.04. The molecule has 0 atom stereocenters. The van der Waals surface area contributed by atoms with Crippen LogP contribution in [-0.2, 0) is 0 Å². The third kappa shape index (κ3) is 4.08. The van der Waals surface area contributed by atoms with Crippen LogP contribution in [0.2, 0.25) is 0 Å². The smallest absolute Gasteiger partial charge is 0.0435 e. The molecule has 0 aliphatic carbocycles. The second-order valence-corrected chi connectivity index (χ2v) is 4.06. The summed E-state index contributed by atoms with van der Waals surface area (Å²) in [5.74, 6) is 0.481. The summed E-state index contributed by atoms with van der Waals surface area (Å²) in [6.07, 6.45) is 5.87. The van der Waals surface area contributed by atoms with E-state index in [9.17, 15) is 0 Å². The van der Waals surface area contributed by atoms with Gasteiger partial charge in [-0.1, -0.05) is 40.3 Å². The lowest BCUT2D eigenvalue weighted by molar-refractivity contribution is 0.817. The lowest BCUT2D eigenvalue weighted by Gasteiger charge is -2.07. The van der Waals surface area contributed by atoms with Gasteiger partial charge >= 0.3 is 0 Å². The van der Waals surface area contributed by atoms with E-state index in [1.807, 2.05) is 26.1 Å². The minimum atomic E-state index is 0.481. The van der Waals surface area contributed by atoms with Gasteiger partial charge in [0.2, 0.25) is 0 Å². The topological polar surface area (TPSA) is 12.9 Å². The molecule has 2 heteroatoms. The van der Waals surface area contributed by atoms with Crippen LogP contribution < -0.4 is 0 Å². The van der Waals surface area contributed by atoms with E-state index >= 15 is 0 Å². The first kappa shape index (κ1) is 14.2. The van der Waals surface area contributed by atoms with E-state index in [1.54, 1.807) is 11.8 Å². The van der Waals surface area contributed by atoms with Crippen LogP contribution in [-0.4, -0.2) is 11.2 Å². The maximum absolute atomic E-state index is 4.39. The van der Waals surface area contributed by atoms with Crippen LogP contribution in [0, 0.1) is 0 Å². The van der Waals surface area contributed by atoms with Crippen LogP contribution in [0.1, 0.15) is 44.9 Å². The van der Waals surface area contributed by atoms with Crippen molar-refractivity contribution >= 4 is 17.8 Å². The Bertz CT molecular complexity index is 305. The van der Waals surface area contributed by atoms with Crippen LogP contribution in [0.4, 0.5) is 0 Å². The van der Waals surface area contributed by atoms with Crippen LogP contribution in [0.25, 0.3) is 6.08 Å². The summed E-state index contributed by atoms with van der Waals surface area (Å²) in [6.45, 7) is 12.1. The van der Waals surface area contributed by atoms with Gasteiger partial charge in [-0.25, -0.2) is 0 Å². The molecule has 15 heavy (non-hydrogen) atoms. The number of pyridine rings is 1. The molecule has 84 valence electrons. The van der Waals surface area contributed by atoms with E-state index < -0.39 is 0 Å². The third-order valence-corrected chi connectivity index (χ3v) is 2.73. The zero-order valence-corrected chi connectivity index (χ0v) is 11.2. The van der Waals surface area contributed by atoms with Crippen molar-refractivity contribution in [2.45, 2.75) is 38.5 Å². The number of aromatic nitrogens is 1. The third-order valence-electron chi connectivity index (χ3n) is 1.95. The minimum Gasteiger partial charge on any atom is -0.260 e. The quantitative estimate of drug-likeness (QED) is 0.695. The highest BCUT2D eigenvalue weighted by molar-refractivity contribution is 7.98. The molecule has 0 bridgehead atoms. The van der Waals surface area contributed by atoms with Gasteiger partial charge in [-0.2, -0.15) is 0 Å². The molecule has 1 aromatic heterocycles. The fraction of sp³-hybridized carbons (Fsp3) is 0.462. The lowest BCUT2D eigenvalue weighted by Crippen LogP contribution is -1.93. The van der Waals surface area contributed by atoms with Gasteiger partial charge < -0.3 is 0 Å². The van der Waals surface area contributed by atoms with Gasteiger partial charge in [0.25, 0.3) is 0 Å². The summed E-state index contributed by atoms with van der Waals surface area (Å²) in [5.41, 5.74) is 2.32. The minimum absolute atomic E-state index is 0.481. The van der Waals surface area contributed by atoms with Crippen molar-refractivity contribution in [1.29, 1.82) is 0 Å². The van der Waals surface area contributed by atoms with E-state index in [4.69, 9.17) is 0 Å². The number of thioether (sulfide) groups is 1. The maximum atomic E-state index is 4.39. The normalized spacial score (nSPS) is 9.47. The van der Waals surface area contributed by atoms with Crippen molar-refractivity contribution in [3.63, 3.8) is 0 Å². The molecule has 0 radical (unpaired) electrons. The first-order valence-corrected chi connectivity index (χ1v) is 6.58. The first-order chi connectivity index (χ1) is 7.19. The van der Waals surface area contributed by atoms with Crippen LogP contribution in [0.5, 0.6) is 0 Å². The summed E-state index contributed by atoms with van der Waals surface area (Å²) in [6, 6.07) is 2.11. The Hall–Kier alpha value is -0.760. The van der Waals surface area contributed by atoms with Crippen molar-refractivity contribution in [2.75, 3.05) is 6.26 Å². The molecule has 0 saturated carbocycles. The van der Waals surface area contributed by atoms with E-state index in [1.165, 1.54) is 10.5 Å². The molecule has 0 aliphatic heterocycles. The Kier molecular flexibility index (Phi) is 7.14. The Morgan fingerprint density at radius 3 is 2.40 bits per heavy atom. The molecule has 0 saturated heterocycles. The predicted molar refractivity (Wildman–Crippen MR) is 71.5 cm³/mol. The summed E-state index contributed by atoms with van der Waals surface area (Å²) in [7, 11) is 0.